The van der Waals surface area contributed by atoms with Gasteiger partial charge >= 0.3 is 0 Å². The highest BCUT2D eigenvalue weighted by atomic mass is 32.2. The number of methoxy groups -OCH3 is 1. The van der Waals surface area contributed by atoms with Gasteiger partial charge in [0.15, 0.2) is 0 Å². The van der Waals surface area contributed by atoms with Gasteiger partial charge in [0.1, 0.15) is 18.8 Å². The minimum absolute atomic E-state index is 0.0229. The van der Waals surface area contributed by atoms with Gasteiger partial charge in [0, 0.05) is 19.7 Å². The molecule has 2 aromatic rings. The number of rotatable bonds is 8. The molecule has 2 fully saturated rings. The maximum absolute atomic E-state index is 13.6. The number of quaternary nitrogens is 1. The molecule has 2 saturated heterocycles. The maximum Gasteiger partial charge on any atom is 0.295 e. The van der Waals surface area contributed by atoms with Gasteiger partial charge < -0.3 is 24.4 Å². The molecule has 11 heteroatoms. The second kappa shape index (κ2) is 11.0. The quantitative estimate of drug-likeness (QED) is 0.267. The lowest BCUT2D eigenvalue weighted by molar-refractivity contribution is -0.907. The van der Waals surface area contributed by atoms with Crippen LogP contribution in [0.2, 0.25) is 0 Å². The molecule has 0 aliphatic carbocycles. The van der Waals surface area contributed by atoms with Crippen LogP contribution in [0.4, 0.5) is 0 Å². The third-order valence-corrected chi connectivity index (χ3v) is 8.59. The van der Waals surface area contributed by atoms with Gasteiger partial charge in [0.05, 0.1) is 44.4 Å². The fourth-order valence-corrected chi connectivity index (χ4v) is 5.47. The lowest BCUT2D eigenvalue weighted by atomic mass is 9.95. The molecule has 198 valence electrons. The number of morpholine rings is 1. The summed E-state index contributed by atoms with van der Waals surface area (Å²) in [5, 5.41) is 13.6. The minimum atomic E-state index is -3.68. The molecular formula is C26H31N3O7S. The van der Waals surface area contributed by atoms with Crippen molar-refractivity contribution in [1.82, 2.24) is 9.21 Å². The van der Waals surface area contributed by atoms with Crippen molar-refractivity contribution in [3.8, 4) is 5.75 Å². The fourth-order valence-electron chi connectivity index (χ4n) is 4.57. The van der Waals surface area contributed by atoms with Crippen LogP contribution in [0.15, 0.2) is 59.0 Å². The molecule has 2 aliphatic heterocycles. The Hall–Kier alpha value is -3.25. The molecule has 2 aromatic carbocycles. The zero-order chi connectivity index (χ0) is 26.7. The number of nitrogens with zero attached hydrogens (tertiary/aromatic N) is 2. The Labute approximate surface area is 216 Å². The molecule has 10 nitrogen and oxygen atoms in total. The number of ether oxygens (including phenoxy) is 2. The predicted octanol–water partition coefficient (Wildman–Crippen LogP) is -0.915. The molecule has 1 unspecified atom stereocenters. The largest absolute Gasteiger partial charge is 0.872 e. The van der Waals surface area contributed by atoms with E-state index in [1.54, 1.807) is 24.3 Å². The molecule has 1 N–H and O–H groups in total. The molecule has 0 spiro atoms. The molecular weight excluding hydrogens is 498 g/mol. The van der Waals surface area contributed by atoms with Crippen molar-refractivity contribution >= 4 is 27.5 Å². The van der Waals surface area contributed by atoms with Gasteiger partial charge in [0.2, 0.25) is 15.8 Å². The lowest BCUT2D eigenvalue weighted by Crippen LogP contribution is -3.14. The number of ketones is 1. The monoisotopic (exact) mass is 529 g/mol. The molecule has 2 aliphatic rings. The summed E-state index contributed by atoms with van der Waals surface area (Å²) in [5.41, 5.74) is 0.607. The summed E-state index contributed by atoms with van der Waals surface area (Å²) < 4.78 is 36.5. The third-order valence-electron chi connectivity index (χ3n) is 6.76. The Balaban J connectivity index is 1.73. The molecule has 0 aromatic heterocycles. The van der Waals surface area contributed by atoms with Gasteiger partial charge in [0.25, 0.3) is 5.91 Å². The SMILES string of the molecule is COc1ccc(C2/C(=C(\[O-])c3ccc(S(=O)(=O)N(C)C)cc3)C(=O)C(=O)N2CC[NH+]2CCOCC2)cc1. The van der Waals surface area contributed by atoms with Crippen LogP contribution < -0.4 is 14.7 Å². The first-order chi connectivity index (χ1) is 17.6. The summed E-state index contributed by atoms with van der Waals surface area (Å²) in [4.78, 5) is 29.1. The van der Waals surface area contributed by atoms with E-state index in [0.717, 1.165) is 17.4 Å². The van der Waals surface area contributed by atoms with Crippen LogP contribution in [0.25, 0.3) is 5.76 Å². The Morgan fingerprint density at radius 2 is 1.70 bits per heavy atom. The van der Waals surface area contributed by atoms with Crippen molar-refractivity contribution in [3.05, 3.63) is 65.2 Å². The van der Waals surface area contributed by atoms with Crippen LogP contribution in [0.1, 0.15) is 17.2 Å². The standard InChI is InChI=1S/C26H31N3O7S/c1-27(2)37(33,34)21-10-6-19(7-11-21)24(30)22-23(18-4-8-20(35-3)9-5-18)29(26(32)25(22)31)13-12-28-14-16-36-17-15-28/h4-11,23,30H,12-17H2,1-3H3/b24-22+. The van der Waals surface area contributed by atoms with Crippen molar-refractivity contribution < 1.29 is 37.5 Å². The zero-order valence-corrected chi connectivity index (χ0v) is 21.9. The summed E-state index contributed by atoms with van der Waals surface area (Å²) in [6.45, 7) is 3.81. The molecule has 2 heterocycles. The van der Waals surface area contributed by atoms with Gasteiger partial charge in [-0.15, -0.1) is 0 Å². The average molecular weight is 530 g/mol. The van der Waals surface area contributed by atoms with E-state index in [2.05, 4.69) is 0 Å². The highest BCUT2D eigenvalue weighted by Crippen LogP contribution is 2.39. The van der Waals surface area contributed by atoms with Crippen molar-refractivity contribution in [2.75, 3.05) is 60.6 Å². The van der Waals surface area contributed by atoms with E-state index in [9.17, 15) is 23.1 Å². The van der Waals surface area contributed by atoms with Gasteiger partial charge in [-0.3, -0.25) is 9.59 Å². The Morgan fingerprint density at radius 3 is 2.27 bits per heavy atom. The number of Topliss-reactive ketones (excluding diaryl/α,β-unsaturated/α-hetero) is 1. The number of nitrogens with one attached hydrogen (secondary N) is 1. The molecule has 1 amide bonds. The molecule has 37 heavy (non-hydrogen) atoms. The Bertz CT molecular complexity index is 1280. The summed E-state index contributed by atoms with van der Waals surface area (Å²) in [7, 11) is 0.688. The van der Waals surface area contributed by atoms with E-state index in [-0.39, 0.29) is 16.0 Å². The van der Waals surface area contributed by atoms with E-state index in [1.165, 1.54) is 55.3 Å². The lowest BCUT2D eigenvalue weighted by Gasteiger charge is -2.30. The number of hydrogen-bond donors (Lipinski definition) is 1. The van der Waals surface area contributed by atoms with Crippen LogP contribution >= 0.6 is 0 Å². The van der Waals surface area contributed by atoms with Crippen LogP contribution in [0.5, 0.6) is 5.75 Å². The second-order valence-electron chi connectivity index (χ2n) is 9.17. The average Bonchev–Trinajstić information content (AvgIpc) is 3.17. The zero-order valence-electron chi connectivity index (χ0n) is 21.1. The van der Waals surface area contributed by atoms with E-state index >= 15 is 0 Å². The van der Waals surface area contributed by atoms with Gasteiger partial charge in [-0.1, -0.05) is 30.0 Å². The molecule has 1 atom stereocenters. The number of amides is 1. The minimum Gasteiger partial charge on any atom is -0.872 e. The number of benzene rings is 2. The highest BCUT2D eigenvalue weighted by Gasteiger charge is 2.44. The van der Waals surface area contributed by atoms with Crippen molar-refractivity contribution in [1.29, 1.82) is 0 Å². The third kappa shape index (κ3) is 5.40. The van der Waals surface area contributed by atoms with Crippen LogP contribution in [-0.4, -0.2) is 89.9 Å². The van der Waals surface area contributed by atoms with Gasteiger partial charge in [-0.05, 0) is 35.4 Å². The number of carbonyl (C=O) groups excluding carboxylic acids is 2. The number of carbonyl (C=O) groups is 2. The highest BCUT2D eigenvalue weighted by molar-refractivity contribution is 7.89. The van der Waals surface area contributed by atoms with Gasteiger partial charge in [-0.2, -0.15) is 0 Å². The Kier molecular flexibility index (Phi) is 7.98. The van der Waals surface area contributed by atoms with Crippen LogP contribution in [0.3, 0.4) is 0 Å². The summed E-state index contributed by atoms with van der Waals surface area (Å²) in [6, 6.07) is 11.5. The molecule has 0 radical (unpaired) electrons. The van der Waals surface area contributed by atoms with E-state index in [1.807, 2.05) is 0 Å². The van der Waals surface area contributed by atoms with Crippen molar-refractivity contribution in [2.45, 2.75) is 10.9 Å². The first-order valence-corrected chi connectivity index (χ1v) is 13.4. The van der Waals surface area contributed by atoms with Crippen molar-refractivity contribution in [3.63, 3.8) is 0 Å². The van der Waals surface area contributed by atoms with Crippen LogP contribution in [-0.2, 0) is 24.3 Å². The van der Waals surface area contributed by atoms with E-state index in [0.29, 0.717) is 37.6 Å². The van der Waals surface area contributed by atoms with Crippen molar-refractivity contribution in [2.24, 2.45) is 0 Å². The number of sulfonamides is 1. The number of likely N-dealkylation sites (tertiary alicyclic amines) is 1. The topological polar surface area (TPSA) is 121 Å². The first kappa shape index (κ1) is 26.8. The van der Waals surface area contributed by atoms with Crippen LogP contribution in [0, 0.1) is 0 Å². The maximum atomic E-state index is 13.6. The van der Waals surface area contributed by atoms with Gasteiger partial charge in [-0.25, -0.2) is 12.7 Å². The number of hydrogen-bond acceptors (Lipinski definition) is 7. The predicted molar refractivity (Wildman–Crippen MR) is 133 cm³/mol. The smallest absolute Gasteiger partial charge is 0.295 e. The van der Waals surface area contributed by atoms with E-state index < -0.39 is 33.5 Å². The molecule has 0 saturated carbocycles. The van der Waals surface area contributed by atoms with E-state index in [4.69, 9.17) is 9.47 Å². The fraction of sp³-hybridized carbons (Fsp3) is 0.385. The second-order valence-corrected chi connectivity index (χ2v) is 11.3. The normalized spacial score (nSPS) is 20.5. The summed E-state index contributed by atoms with van der Waals surface area (Å²) >= 11 is 0. The summed E-state index contributed by atoms with van der Waals surface area (Å²) in [6.07, 6.45) is 0. The first-order valence-electron chi connectivity index (χ1n) is 12.0. The summed E-state index contributed by atoms with van der Waals surface area (Å²) in [5.74, 6) is -1.56. The molecule has 4 rings (SSSR count). The molecule has 0 bridgehead atoms. The Morgan fingerprint density at radius 1 is 1.08 bits per heavy atom.